The largest absolute Gasteiger partial charge is 0.245 e. The summed E-state index contributed by atoms with van der Waals surface area (Å²) in [6.07, 6.45) is 7.52. The zero-order valence-electron chi connectivity index (χ0n) is 11.1. The smallest absolute Gasteiger partial charge is 0 e. The van der Waals surface area contributed by atoms with Crippen molar-refractivity contribution in [1.29, 1.82) is 0 Å². The summed E-state index contributed by atoms with van der Waals surface area (Å²) in [6.45, 7) is 7.20. The van der Waals surface area contributed by atoms with Gasteiger partial charge in [0.1, 0.15) is 0 Å². The Hall–Kier alpha value is -1.02. The minimum atomic E-state index is 0. The molecule has 112 valence electrons. The minimum Gasteiger partial charge on any atom is -0.245 e. The molecule has 0 aliphatic heterocycles. The van der Waals surface area contributed by atoms with Crippen LogP contribution in [0.15, 0.2) is 72.8 Å². The maximum atomic E-state index is 3.60. The molecular weight excluding hydrogens is 429 g/mol. The van der Waals surface area contributed by atoms with Crippen molar-refractivity contribution in [2.45, 2.75) is 0 Å². The van der Waals surface area contributed by atoms with Crippen LogP contribution in [0, 0.1) is 13.8 Å². The van der Waals surface area contributed by atoms with Gasteiger partial charge >= 0.3 is 0 Å². The molecule has 0 amide bonds. The van der Waals surface area contributed by atoms with Gasteiger partial charge in [-0.1, -0.05) is 60.7 Å². The van der Waals surface area contributed by atoms with E-state index in [1.54, 1.807) is 12.2 Å². The summed E-state index contributed by atoms with van der Waals surface area (Å²) in [7, 11) is 0. The molecule has 2 aromatic rings. The maximum absolute atomic E-state index is 3.60. The Balaban J connectivity index is 0. The van der Waals surface area contributed by atoms with Crippen LogP contribution in [0.2, 0.25) is 0 Å². The van der Waals surface area contributed by atoms with Crippen molar-refractivity contribution in [2.24, 2.45) is 0 Å². The zero-order chi connectivity index (χ0) is 13.1. The van der Waals surface area contributed by atoms with E-state index in [0.29, 0.717) is 0 Å². The van der Waals surface area contributed by atoms with Gasteiger partial charge in [0.2, 0.25) is 0 Å². The van der Waals surface area contributed by atoms with E-state index in [-0.39, 0.29) is 40.8 Å². The molecule has 0 bridgehead atoms. The van der Waals surface area contributed by atoms with E-state index in [4.69, 9.17) is 0 Å². The van der Waals surface area contributed by atoms with Gasteiger partial charge in [-0.05, 0) is 0 Å². The monoisotopic (exact) mass is 446 g/mol. The average Bonchev–Trinajstić information content (AvgIpc) is 2.43. The fourth-order valence-electron chi connectivity index (χ4n) is 1.40. The Morgan fingerprint density at radius 3 is 1.10 bits per heavy atom. The molecular formula is C18H18Pd2-2. The molecule has 20 heavy (non-hydrogen) atoms. The first-order valence-electron chi connectivity index (χ1n) is 5.88. The van der Waals surface area contributed by atoms with Crippen molar-refractivity contribution in [3.05, 3.63) is 97.8 Å². The molecule has 0 fully saturated rings. The standard InChI is InChI=1S/2C9H9.2Pd/c2*1-2-6-9-7-4-3-5-8-9;;/h2*2-8H,1H2;;/q2*-1;;/b2*6-2+;;. The Morgan fingerprint density at radius 2 is 0.850 bits per heavy atom. The predicted molar refractivity (Wildman–Crippen MR) is 81.7 cm³/mol. The summed E-state index contributed by atoms with van der Waals surface area (Å²) in [5.41, 5.74) is 2.40. The van der Waals surface area contributed by atoms with Crippen molar-refractivity contribution in [3.63, 3.8) is 0 Å². The van der Waals surface area contributed by atoms with Gasteiger partial charge in [-0.3, -0.25) is 0 Å². The van der Waals surface area contributed by atoms with E-state index in [2.05, 4.69) is 13.8 Å². The zero-order valence-corrected chi connectivity index (χ0v) is 14.2. The predicted octanol–water partition coefficient (Wildman–Crippen LogP) is 5.06. The summed E-state index contributed by atoms with van der Waals surface area (Å²) in [5.74, 6) is 0. The van der Waals surface area contributed by atoms with Crippen LogP contribution < -0.4 is 0 Å². The maximum Gasteiger partial charge on any atom is 0 e. The summed E-state index contributed by atoms with van der Waals surface area (Å²) in [5, 5.41) is 0. The molecule has 2 heteroatoms. The van der Waals surface area contributed by atoms with Gasteiger partial charge < -0.3 is 0 Å². The molecule has 0 saturated heterocycles. The van der Waals surface area contributed by atoms with Crippen molar-refractivity contribution in [3.8, 4) is 0 Å². The van der Waals surface area contributed by atoms with Crippen molar-refractivity contribution in [2.75, 3.05) is 0 Å². The van der Waals surface area contributed by atoms with E-state index in [1.807, 2.05) is 72.8 Å². The average molecular weight is 447 g/mol. The van der Waals surface area contributed by atoms with Gasteiger partial charge in [-0.15, -0.1) is 11.1 Å². The van der Waals surface area contributed by atoms with E-state index in [9.17, 15) is 0 Å². The second kappa shape index (κ2) is 14.4. The fourth-order valence-corrected chi connectivity index (χ4v) is 1.40. The van der Waals surface area contributed by atoms with E-state index < -0.39 is 0 Å². The van der Waals surface area contributed by atoms with Gasteiger partial charge in [0.15, 0.2) is 0 Å². The molecule has 0 nitrogen and oxygen atoms in total. The molecule has 0 aliphatic carbocycles. The molecule has 0 heterocycles. The molecule has 2 aromatic carbocycles. The first-order valence-corrected chi connectivity index (χ1v) is 5.88. The molecule has 0 N–H and O–H groups in total. The summed E-state index contributed by atoms with van der Waals surface area (Å²) < 4.78 is 0. The normalized spacial score (nSPS) is 9.20. The van der Waals surface area contributed by atoms with Gasteiger partial charge in [-0.25, -0.2) is 38.2 Å². The Labute approximate surface area is 150 Å². The summed E-state index contributed by atoms with van der Waals surface area (Å²) in [4.78, 5) is 0. The Morgan fingerprint density at radius 1 is 0.550 bits per heavy atom. The second-order valence-electron chi connectivity index (χ2n) is 3.63. The van der Waals surface area contributed by atoms with Crippen LogP contribution in [0.5, 0.6) is 0 Å². The van der Waals surface area contributed by atoms with Crippen LogP contribution in [0.1, 0.15) is 11.1 Å². The first-order chi connectivity index (χ1) is 8.86. The van der Waals surface area contributed by atoms with Crippen molar-refractivity contribution < 1.29 is 40.8 Å². The number of rotatable bonds is 2. The number of hydrogen-bond acceptors (Lipinski definition) is 0. The van der Waals surface area contributed by atoms with Gasteiger partial charge in [0.05, 0.1) is 0 Å². The Kier molecular flexibility index (Phi) is 15.3. The third-order valence-corrected chi connectivity index (χ3v) is 2.22. The van der Waals surface area contributed by atoms with Crippen LogP contribution in [-0.4, -0.2) is 0 Å². The third kappa shape index (κ3) is 9.86. The van der Waals surface area contributed by atoms with Crippen LogP contribution in [0.3, 0.4) is 0 Å². The van der Waals surface area contributed by atoms with Gasteiger partial charge in [0, 0.05) is 40.8 Å². The van der Waals surface area contributed by atoms with Crippen LogP contribution >= 0.6 is 0 Å². The van der Waals surface area contributed by atoms with Crippen LogP contribution in [-0.2, 0) is 40.8 Å². The van der Waals surface area contributed by atoms with Crippen molar-refractivity contribution >= 4 is 12.2 Å². The summed E-state index contributed by atoms with van der Waals surface area (Å²) >= 11 is 0. The third-order valence-electron chi connectivity index (χ3n) is 2.22. The van der Waals surface area contributed by atoms with E-state index >= 15 is 0 Å². The molecule has 0 saturated carbocycles. The first kappa shape index (κ1) is 21.3. The fraction of sp³-hybridized carbons (Fsp3) is 0. The minimum absolute atomic E-state index is 0. The molecule has 0 aliphatic rings. The molecule has 2 rings (SSSR count). The van der Waals surface area contributed by atoms with Crippen LogP contribution in [0.4, 0.5) is 0 Å². The number of allylic oxidation sites excluding steroid dienone is 2. The van der Waals surface area contributed by atoms with Crippen LogP contribution in [0.25, 0.3) is 12.2 Å². The molecule has 0 unspecified atom stereocenters. The number of hydrogen-bond donors (Lipinski definition) is 0. The quantitative estimate of drug-likeness (QED) is 0.446. The molecule has 0 radical (unpaired) electrons. The van der Waals surface area contributed by atoms with Gasteiger partial charge in [0.25, 0.3) is 0 Å². The molecule has 0 spiro atoms. The van der Waals surface area contributed by atoms with E-state index in [1.165, 1.54) is 11.1 Å². The van der Waals surface area contributed by atoms with Crippen molar-refractivity contribution in [1.82, 2.24) is 0 Å². The molecule has 0 aromatic heterocycles. The van der Waals surface area contributed by atoms with Gasteiger partial charge in [-0.2, -0.15) is 0 Å². The Bertz CT molecular complexity index is 426. The number of benzene rings is 2. The molecule has 0 atom stereocenters. The second-order valence-corrected chi connectivity index (χ2v) is 3.63. The summed E-state index contributed by atoms with van der Waals surface area (Å²) in [6, 6.07) is 20.2. The topological polar surface area (TPSA) is 0 Å². The van der Waals surface area contributed by atoms with E-state index in [0.717, 1.165) is 0 Å². The SMILES string of the molecule is [CH2-]/C=C/c1ccccc1.[CH2-]/C=C/c1ccccc1.[Pd].[Pd].